The summed E-state index contributed by atoms with van der Waals surface area (Å²) >= 11 is 12.4. The first-order valence-corrected chi connectivity index (χ1v) is 16.6. The molecule has 3 rings (SSSR count). The number of halogens is 2. The fourth-order valence-corrected chi connectivity index (χ4v) is 6.07. The number of hydrogen-bond acceptors (Lipinski definition) is 4. The van der Waals surface area contributed by atoms with Gasteiger partial charge < -0.3 is 10.2 Å². The molecule has 0 fully saturated rings. The van der Waals surface area contributed by atoms with Gasteiger partial charge in [-0.15, -0.1) is 0 Å². The zero-order valence-electron chi connectivity index (χ0n) is 24.5. The van der Waals surface area contributed by atoms with Gasteiger partial charge in [-0.1, -0.05) is 90.3 Å². The Hall–Kier alpha value is -3.07. The van der Waals surface area contributed by atoms with Crippen LogP contribution in [0.2, 0.25) is 10.0 Å². The molecule has 42 heavy (non-hydrogen) atoms. The lowest BCUT2D eigenvalue weighted by Crippen LogP contribution is -2.52. The molecule has 2 amide bonds. The van der Waals surface area contributed by atoms with E-state index >= 15 is 0 Å². The van der Waals surface area contributed by atoms with E-state index in [9.17, 15) is 18.0 Å². The number of hydrogen-bond donors (Lipinski definition) is 1. The Morgan fingerprint density at radius 1 is 0.952 bits per heavy atom. The van der Waals surface area contributed by atoms with E-state index in [0.29, 0.717) is 11.4 Å². The number of rotatable bonds is 14. The molecular weight excluding hydrogens is 593 g/mol. The molecule has 0 aromatic heterocycles. The number of sulfonamides is 1. The van der Waals surface area contributed by atoms with Crippen LogP contribution < -0.4 is 9.62 Å². The molecule has 0 saturated carbocycles. The summed E-state index contributed by atoms with van der Waals surface area (Å²) in [6, 6.07) is 21.2. The van der Waals surface area contributed by atoms with Crippen LogP contribution in [0.25, 0.3) is 0 Å². The van der Waals surface area contributed by atoms with E-state index in [0.717, 1.165) is 33.7 Å². The second kappa shape index (κ2) is 15.4. The Kier molecular flexibility index (Phi) is 12.3. The molecule has 226 valence electrons. The first-order chi connectivity index (χ1) is 19.9. The van der Waals surface area contributed by atoms with Gasteiger partial charge in [-0.05, 0) is 56.0 Å². The van der Waals surface area contributed by atoms with Gasteiger partial charge in [0.25, 0.3) is 0 Å². The molecule has 0 spiro atoms. The van der Waals surface area contributed by atoms with E-state index in [-0.39, 0.29) is 54.5 Å². The SMILES string of the molecule is CC[C@H](C)NC(=O)[C@H](Cc1ccccc1)N(Cc1cccc(C)c1)C(=O)CCCN(c1cc(Cl)ccc1Cl)S(C)(=O)=O. The summed E-state index contributed by atoms with van der Waals surface area (Å²) in [4.78, 5) is 29.2. The molecule has 7 nitrogen and oxygen atoms in total. The predicted octanol–water partition coefficient (Wildman–Crippen LogP) is 6.40. The van der Waals surface area contributed by atoms with Crippen molar-refractivity contribution < 1.29 is 18.0 Å². The van der Waals surface area contributed by atoms with Crippen LogP contribution in [0, 0.1) is 6.92 Å². The first-order valence-electron chi connectivity index (χ1n) is 14.0. The molecule has 0 heterocycles. The summed E-state index contributed by atoms with van der Waals surface area (Å²) in [5, 5.41) is 3.65. The highest BCUT2D eigenvalue weighted by Crippen LogP contribution is 2.31. The Morgan fingerprint density at radius 2 is 1.64 bits per heavy atom. The summed E-state index contributed by atoms with van der Waals surface area (Å²) in [5.41, 5.74) is 3.14. The molecule has 0 unspecified atom stereocenters. The van der Waals surface area contributed by atoms with E-state index < -0.39 is 16.1 Å². The molecule has 10 heteroatoms. The lowest BCUT2D eigenvalue weighted by Gasteiger charge is -2.33. The van der Waals surface area contributed by atoms with E-state index in [2.05, 4.69) is 5.32 Å². The van der Waals surface area contributed by atoms with Crippen LogP contribution >= 0.6 is 23.2 Å². The third kappa shape index (κ3) is 9.75. The number of aryl methyl sites for hydroxylation is 1. The van der Waals surface area contributed by atoms with Gasteiger partial charge in [0, 0.05) is 37.0 Å². The molecule has 0 aliphatic heterocycles. The Labute approximate surface area is 259 Å². The standard InChI is InChI=1S/C32H39Cl2N3O4S/c1-5-24(3)35-32(39)30(20-25-12-7-6-8-13-25)36(22-26-14-9-11-23(2)19-26)31(38)15-10-18-37(42(4,40)41)29-21-27(33)16-17-28(29)34/h6-9,11-14,16-17,19,21,24,30H,5,10,15,18,20,22H2,1-4H3,(H,35,39)/t24-,30-/m0/s1. The van der Waals surface area contributed by atoms with Crippen LogP contribution in [-0.2, 0) is 32.6 Å². The van der Waals surface area contributed by atoms with E-state index in [4.69, 9.17) is 23.2 Å². The zero-order valence-corrected chi connectivity index (χ0v) is 26.8. The minimum absolute atomic E-state index is 0.0192. The van der Waals surface area contributed by atoms with Crippen molar-refractivity contribution in [1.29, 1.82) is 0 Å². The van der Waals surface area contributed by atoms with Crippen LogP contribution in [-0.4, -0.2) is 50.0 Å². The fourth-order valence-electron chi connectivity index (χ4n) is 4.66. The van der Waals surface area contributed by atoms with Gasteiger partial charge in [-0.3, -0.25) is 13.9 Å². The van der Waals surface area contributed by atoms with Crippen molar-refractivity contribution in [3.63, 3.8) is 0 Å². The highest BCUT2D eigenvalue weighted by atomic mass is 35.5. The summed E-state index contributed by atoms with van der Waals surface area (Å²) in [5.74, 6) is -0.472. The maximum absolute atomic E-state index is 13.9. The van der Waals surface area contributed by atoms with Crippen molar-refractivity contribution >= 4 is 50.7 Å². The van der Waals surface area contributed by atoms with Gasteiger partial charge >= 0.3 is 0 Å². The van der Waals surface area contributed by atoms with Gasteiger partial charge in [0.05, 0.1) is 17.0 Å². The van der Waals surface area contributed by atoms with E-state index in [1.165, 1.54) is 12.1 Å². The quantitative estimate of drug-likeness (QED) is 0.223. The monoisotopic (exact) mass is 631 g/mol. The molecule has 0 saturated heterocycles. The van der Waals surface area contributed by atoms with Gasteiger partial charge in [-0.25, -0.2) is 8.42 Å². The number of amides is 2. The van der Waals surface area contributed by atoms with Crippen LogP contribution in [0.15, 0.2) is 72.8 Å². The fraction of sp³-hybridized carbons (Fsp3) is 0.375. The summed E-state index contributed by atoms with van der Waals surface area (Å²) in [6.07, 6.45) is 2.42. The van der Waals surface area contributed by atoms with Crippen molar-refractivity contribution in [3.05, 3.63) is 99.5 Å². The average Bonchev–Trinajstić information content (AvgIpc) is 2.94. The number of nitrogens with zero attached hydrogens (tertiary/aromatic N) is 2. The number of anilines is 1. The van der Waals surface area contributed by atoms with Crippen molar-refractivity contribution in [2.45, 2.75) is 65.1 Å². The van der Waals surface area contributed by atoms with Gasteiger partial charge in [0.2, 0.25) is 21.8 Å². The maximum atomic E-state index is 13.9. The minimum Gasteiger partial charge on any atom is -0.352 e. The molecule has 0 radical (unpaired) electrons. The number of nitrogens with one attached hydrogen (secondary N) is 1. The Bertz CT molecular complexity index is 1470. The van der Waals surface area contributed by atoms with Crippen LogP contribution in [0.4, 0.5) is 5.69 Å². The largest absolute Gasteiger partial charge is 0.352 e. The van der Waals surface area contributed by atoms with Crippen molar-refractivity contribution in [1.82, 2.24) is 10.2 Å². The summed E-state index contributed by atoms with van der Waals surface area (Å²) in [6.45, 7) is 6.16. The highest BCUT2D eigenvalue weighted by molar-refractivity contribution is 7.92. The molecule has 3 aromatic rings. The van der Waals surface area contributed by atoms with Crippen molar-refractivity contribution in [3.8, 4) is 0 Å². The normalized spacial score (nSPS) is 12.8. The molecule has 0 bridgehead atoms. The third-order valence-corrected chi connectivity index (χ3v) is 8.77. The van der Waals surface area contributed by atoms with E-state index in [1.807, 2.05) is 75.4 Å². The molecule has 0 aliphatic rings. The lowest BCUT2D eigenvalue weighted by molar-refractivity contribution is -0.141. The van der Waals surface area contributed by atoms with Crippen molar-refractivity contribution in [2.24, 2.45) is 0 Å². The average molecular weight is 633 g/mol. The Balaban J connectivity index is 1.91. The van der Waals surface area contributed by atoms with Crippen LogP contribution in [0.3, 0.4) is 0 Å². The Morgan fingerprint density at radius 3 is 2.29 bits per heavy atom. The van der Waals surface area contributed by atoms with Gasteiger partial charge in [-0.2, -0.15) is 0 Å². The number of carbonyl (C=O) groups is 2. The summed E-state index contributed by atoms with van der Waals surface area (Å²) in [7, 11) is -3.71. The smallest absolute Gasteiger partial charge is 0.243 e. The number of carbonyl (C=O) groups excluding carboxylic acids is 2. The van der Waals surface area contributed by atoms with Crippen LogP contribution in [0.1, 0.15) is 49.8 Å². The molecule has 2 atom stereocenters. The topological polar surface area (TPSA) is 86.8 Å². The zero-order chi connectivity index (χ0) is 30.9. The minimum atomic E-state index is -3.71. The second-order valence-corrected chi connectivity index (χ2v) is 13.3. The lowest BCUT2D eigenvalue weighted by atomic mass is 10.0. The highest BCUT2D eigenvalue weighted by Gasteiger charge is 2.31. The third-order valence-electron chi connectivity index (χ3n) is 7.04. The molecule has 0 aliphatic carbocycles. The second-order valence-electron chi connectivity index (χ2n) is 10.6. The van der Waals surface area contributed by atoms with E-state index in [1.54, 1.807) is 11.0 Å². The molecule has 1 N–H and O–H groups in total. The molecule has 3 aromatic carbocycles. The maximum Gasteiger partial charge on any atom is 0.243 e. The van der Waals surface area contributed by atoms with Crippen LogP contribution in [0.5, 0.6) is 0 Å². The number of benzene rings is 3. The first kappa shape index (κ1) is 33.4. The van der Waals surface area contributed by atoms with Gasteiger partial charge in [0.1, 0.15) is 6.04 Å². The van der Waals surface area contributed by atoms with Crippen molar-refractivity contribution in [2.75, 3.05) is 17.1 Å². The predicted molar refractivity (Wildman–Crippen MR) is 171 cm³/mol. The summed E-state index contributed by atoms with van der Waals surface area (Å²) < 4.78 is 26.5. The van der Waals surface area contributed by atoms with Gasteiger partial charge in [0.15, 0.2) is 0 Å². The molecular formula is C32H39Cl2N3O4S.